The minimum absolute atomic E-state index is 0.0848. The Balaban J connectivity index is 1.88. The number of amides is 2. The van der Waals surface area contributed by atoms with Crippen LogP contribution in [0.25, 0.3) is 0 Å². The second-order valence-corrected chi connectivity index (χ2v) is 13.0. The van der Waals surface area contributed by atoms with Crippen LogP contribution in [0.2, 0.25) is 0 Å². The Bertz CT molecular complexity index is 1420. The highest BCUT2D eigenvalue weighted by Crippen LogP contribution is 2.23. The number of sulfonamides is 1. The zero-order chi connectivity index (χ0) is 30.2. The van der Waals surface area contributed by atoms with Gasteiger partial charge in [0.25, 0.3) is 0 Å². The summed E-state index contributed by atoms with van der Waals surface area (Å²) in [4.78, 5) is 29.0. The highest BCUT2D eigenvalue weighted by molar-refractivity contribution is 7.92. The van der Waals surface area contributed by atoms with Crippen LogP contribution in [-0.4, -0.2) is 50.0 Å². The smallest absolute Gasteiger partial charge is 0.243 e. The molecule has 41 heavy (non-hydrogen) atoms. The average Bonchev–Trinajstić information content (AvgIpc) is 2.90. The van der Waals surface area contributed by atoms with Crippen molar-refractivity contribution >= 4 is 27.5 Å². The summed E-state index contributed by atoms with van der Waals surface area (Å²) in [5.41, 5.74) is 5.64. The number of hydrogen-bond donors (Lipinski definition) is 1. The Morgan fingerprint density at radius 3 is 2.10 bits per heavy atom. The van der Waals surface area contributed by atoms with Crippen LogP contribution in [0.3, 0.4) is 0 Å². The van der Waals surface area contributed by atoms with Crippen LogP contribution in [0.5, 0.6) is 0 Å². The highest BCUT2D eigenvalue weighted by atomic mass is 32.2. The van der Waals surface area contributed by atoms with Gasteiger partial charge in [-0.3, -0.25) is 13.9 Å². The predicted molar refractivity (Wildman–Crippen MR) is 166 cm³/mol. The molecule has 0 aliphatic heterocycles. The lowest BCUT2D eigenvalue weighted by Gasteiger charge is -2.32. The third kappa shape index (κ3) is 9.46. The van der Waals surface area contributed by atoms with Gasteiger partial charge in [0.15, 0.2) is 0 Å². The van der Waals surface area contributed by atoms with Gasteiger partial charge in [-0.1, -0.05) is 66.2 Å². The second-order valence-electron chi connectivity index (χ2n) is 11.1. The van der Waals surface area contributed by atoms with Gasteiger partial charge in [-0.2, -0.15) is 0 Å². The number of nitrogens with one attached hydrogen (secondary N) is 1. The Morgan fingerprint density at radius 1 is 0.854 bits per heavy atom. The molecule has 0 bridgehead atoms. The number of carbonyl (C=O) groups excluding carboxylic acids is 2. The summed E-state index contributed by atoms with van der Waals surface area (Å²) in [6, 6.07) is 22.3. The summed E-state index contributed by atoms with van der Waals surface area (Å²) in [6.07, 6.45) is 1.96. The third-order valence-electron chi connectivity index (χ3n) is 7.11. The van der Waals surface area contributed by atoms with Gasteiger partial charge >= 0.3 is 0 Å². The summed E-state index contributed by atoms with van der Waals surface area (Å²) in [6.45, 7) is 10.2. The van der Waals surface area contributed by atoms with Crippen molar-refractivity contribution < 1.29 is 18.0 Å². The Kier molecular flexibility index (Phi) is 11.1. The summed E-state index contributed by atoms with van der Waals surface area (Å²) >= 11 is 0. The lowest BCUT2D eigenvalue weighted by atomic mass is 10.0. The van der Waals surface area contributed by atoms with Gasteiger partial charge in [-0.25, -0.2) is 8.42 Å². The lowest BCUT2D eigenvalue weighted by molar-refractivity contribution is -0.141. The first kappa shape index (κ1) is 31.9. The Morgan fingerprint density at radius 2 is 1.51 bits per heavy atom. The number of hydrogen-bond acceptors (Lipinski definition) is 4. The van der Waals surface area contributed by atoms with Crippen molar-refractivity contribution in [2.75, 3.05) is 17.1 Å². The van der Waals surface area contributed by atoms with E-state index in [0.717, 1.165) is 27.8 Å². The summed E-state index contributed by atoms with van der Waals surface area (Å²) < 4.78 is 26.7. The van der Waals surface area contributed by atoms with E-state index in [9.17, 15) is 18.0 Å². The van der Waals surface area contributed by atoms with Crippen LogP contribution in [0.15, 0.2) is 72.8 Å². The molecule has 0 fully saturated rings. The number of carbonyl (C=O) groups is 2. The quantitative estimate of drug-likeness (QED) is 0.298. The van der Waals surface area contributed by atoms with Crippen molar-refractivity contribution in [3.8, 4) is 0 Å². The topological polar surface area (TPSA) is 86.8 Å². The minimum Gasteiger partial charge on any atom is -0.352 e. The van der Waals surface area contributed by atoms with E-state index in [2.05, 4.69) is 5.32 Å². The molecule has 0 spiro atoms. The molecule has 0 aromatic heterocycles. The normalized spacial score (nSPS) is 12.2. The lowest BCUT2D eigenvalue weighted by Crippen LogP contribution is -2.51. The van der Waals surface area contributed by atoms with Gasteiger partial charge < -0.3 is 10.2 Å². The monoisotopic (exact) mass is 577 g/mol. The largest absolute Gasteiger partial charge is 0.352 e. The molecule has 220 valence electrons. The molecule has 0 saturated heterocycles. The van der Waals surface area contributed by atoms with Crippen molar-refractivity contribution in [2.45, 2.75) is 72.5 Å². The van der Waals surface area contributed by atoms with E-state index in [4.69, 9.17) is 0 Å². The van der Waals surface area contributed by atoms with E-state index in [1.165, 1.54) is 10.6 Å². The first-order valence-electron chi connectivity index (χ1n) is 14.1. The van der Waals surface area contributed by atoms with Crippen LogP contribution in [0, 0.1) is 20.8 Å². The zero-order valence-electron chi connectivity index (χ0n) is 25.1. The summed E-state index contributed by atoms with van der Waals surface area (Å²) in [7, 11) is -3.56. The number of nitrogens with zero attached hydrogens (tertiary/aromatic N) is 2. The fourth-order valence-electron chi connectivity index (χ4n) is 4.71. The molecule has 0 saturated carbocycles. The molecule has 0 unspecified atom stereocenters. The minimum atomic E-state index is -3.56. The fourth-order valence-corrected chi connectivity index (χ4v) is 5.67. The van der Waals surface area contributed by atoms with Crippen molar-refractivity contribution in [2.24, 2.45) is 0 Å². The molecule has 0 aliphatic carbocycles. The Labute approximate surface area is 245 Å². The van der Waals surface area contributed by atoms with Crippen LogP contribution in [-0.2, 0) is 32.6 Å². The molecule has 0 aliphatic rings. The van der Waals surface area contributed by atoms with Gasteiger partial charge in [0.1, 0.15) is 6.04 Å². The van der Waals surface area contributed by atoms with Gasteiger partial charge in [0, 0.05) is 32.0 Å². The molecule has 1 atom stereocenters. The highest BCUT2D eigenvalue weighted by Gasteiger charge is 2.31. The molecule has 8 heteroatoms. The molecular formula is C33H43N3O4S. The summed E-state index contributed by atoms with van der Waals surface area (Å²) in [5, 5.41) is 3.00. The average molecular weight is 578 g/mol. The number of rotatable bonds is 13. The van der Waals surface area contributed by atoms with Crippen molar-refractivity contribution in [3.05, 3.63) is 101 Å². The van der Waals surface area contributed by atoms with Gasteiger partial charge in [0.05, 0.1) is 11.9 Å². The molecule has 0 heterocycles. The van der Waals surface area contributed by atoms with Crippen molar-refractivity contribution in [1.82, 2.24) is 10.2 Å². The maximum atomic E-state index is 13.9. The van der Waals surface area contributed by atoms with E-state index < -0.39 is 16.1 Å². The Hall–Kier alpha value is -3.65. The number of aryl methyl sites for hydroxylation is 3. The maximum Gasteiger partial charge on any atom is 0.243 e. The van der Waals surface area contributed by atoms with Crippen LogP contribution in [0.1, 0.15) is 54.5 Å². The SMILES string of the molecule is Cc1ccc(CN(C(=O)CCCN(c2ccc(C)c(C)c2)S(C)(=O)=O)[C@@H](Cc2ccccc2)C(=O)NC(C)C)cc1. The zero-order valence-corrected chi connectivity index (χ0v) is 25.9. The number of anilines is 1. The van der Waals surface area contributed by atoms with E-state index >= 15 is 0 Å². The van der Waals surface area contributed by atoms with Crippen LogP contribution in [0.4, 0.5) is 5.69 Å². The van der Waals surface area contributed by atoms with E-state index in [1.54, 1.807) is 11.0 Å². The fraction of sp³-hybridized carbons (Fsp3) is 0.394. The molecule has 2 amide bonds. The molecule has 3 aromatic carbocycles. The molecule has 7 nitrogen and oxygen atoms in total. The molecular weight excluding hydrogens is 534 g/mol. The van der Waals surface area contributed by atoms with Crippen LogP contribution >= 0.6 is 0 Å². The summed E-state index contributed by atoms with van der Waals surface area (Å²) in [5.74, 6) is -0.406. The molecule has 3 rings (SSSR count). The first-order valence-corrected chi connectivity index (χ1v) is 15.9. The van der Waals surface area contributed by atoms with Gasteiger partial charge in [0.2, 0.25) is 21.8 Å². The predicted octanol–water partition coefficient (Wildman–Crippen LogP) is 5.32. The van der Waals surface area contributed by atoms with Gasteiger partial charge in [-0.15, -0.1) is 0 Å². The van der Waals surface area contributed by atoms with E-state index in [1.807, 2.05) is 101 Å². The standard InChI is InChI=1S/C33H43N3O4S/c1-24(2)34-33(38)31(22-28-11-8-7-9-12-28)35(23-29-17-14-25(3)15-18-29)32(37)13-10-20-36(41(6,39)40)30-19-16-26(4)27(5)21-30/h7-9,11-12,14-19,21,24,31H,10,13,20,22-23H2,1-6H3,(H,34,38)/t31-/m0/s1. The van der Waals surface area contributed by atoms with Crippen molar-refractivity contribution in [1.29, 1.82) is 0 Å². The second kappa shape index (κ2) is 14.3. The maximum absolute atomic E-state index is 13.9. The van der Waals surface area contributed by atoms with E-state index in [0.29, 0.717) is 18.5 Å². The van der Waals surface area contributed by atoms with Gasteiger partial charge in [-0.05, 0) is 75.4 Å². The number of benzene rings is 3. The molecule has 1 N–H and O–H groups in total. The molecule has 0 radical (unpaired) electrons. The first-order chi connectivity index (χ1) is 19.3. The van der Waals surface area contributed by atoms with Crippen molar-refractivity contribution in [3.63, 3.8) is 0 Å². The molecule has 3 aromatic rings. The third-order valence-corrected chi connectivity index (χ3v) is 8.30. The van der Waals surface area contributed by atoms with Crippen LogP contribution < -0.4 is 9.62 Å². The van der Waals surface area contributed by atoms with E-state index in [-0.39, 0.29) is 37.4 Å².